The predicted molar refractivity (Wildman–Crippen MR) is 100 cm³/mol. The second-order valence-corrected chi connectivity index (χ2v) is 6.69. The van der Waals surface area contributed by atoms with Gasteiger partial charge in [-0.15, -0.1) is 0 Å². The largest absolute Gasteiger partial charge is 0.338 e. The van der Waals surface area contributed by atoms with Crippen LogP contribution in [0.4, 0.5) is 16.2 Å². The fourth-order valence-corrected chi connectivity index (χ4v) is 3.05. The molecule has 2 aromatic carbocycles. The molecule has 2 N–H and O–H groups in total. The lowest BCUT2D eigenvalue weighted by atomic mass is 10.1. The number of benzene rings is 2. The van der Waals surface area contributed by atoms with Gasteiger partial charge in [-0.1, -0.05) is 23.7 Å². The molecular formula is C19H20ClN3O2. The average Bonchev–Trinajstić information content (AvgIpc) is 2.95. The molecule has 0 bridgehead atoms. The SMILES string of the molecule is Cc1cccc(NC(=O)NC[C@H]2CC(=O)N(c3ccc(Cl)cc3)C2)c1. The number of carbonyl (C=O) groups excluding carboxylic acids is 2. The molecule has 0 radical (unpaired) electrons. The van der Waals surface area contributed by atoms with Crippen molar-refractivity contribution < 1.29 is 9.59 Å². The third-order valence-corrected chi connectivity index (χ3v) is 4.42. The zero-order chi connectivity index (χ0) is 17.8. The van der Waals surface area contributed by atoms with Crippen LogP contribution in [0.15, 0.2) is 48.5 Å². The summed E-state index contributed by atoms with van der Waals surface area (Å²) in [6.45, 7) is 3.01. The second kappa shape index (κ2) is 7.57. The maximum Gasteiger partial charge on any atom is 0.319 e. The highest BCUT2D eigenvalue weighted by Crippen LogP contribution is 2.26. The average molecular weight is 358 g/mol. The van der Waals surface area contributed by atoms with Gasteiger partial charge in [-0.2, -0.15) is 0 Å². The van der Waals surface area contributed by atoms with Gasteiger partial charge in [-0.3, -0.25) is 4.79 Å². The van der Waals surface area contributed by atoms with E-state index in [0.29, 0.717) is 24.5 Å². The Morgan fingerprint density at radius 3 is 2.72 bits per heavy atom. The molecule has 1 aliphatic heterocycles. The molecule has 25 heavy (non-hydrogen) atoms. The summed E-state index contributed by atoms with van der Waals surface area (Å²) in [6.07, 6.45) is 0.424. The fraction of sp³-hybridized carbons (Fsp3) is 0.263. The first-order valence-corrected chi connectivity index (χ1v) is 8.56. The number of halogens is 1. The number of carbonyl (C=O) groups is 2. The lowest BCUT2D eigenvalue weighted by molar-refractivity contribution is -0.117. The molecule has 1 saturated heterocycles. The van der Waals surface area contributed by atoms with E-state index in [2.05, 4.69) is 10.6 Å². The zero-order valence-corrected chi connectivity index (χ0v) is 14.7. The molecule has 130 valence electrons. The summed E-state index contributed by atoms with van der Waals surface area (Å²) in [7, 11) is 0. The van der Waals surface area contributed by atoms with E-state index >= 15 is 0 Å². The van der Waals surface area contributed by atoms with Gasteiger partial charge in [-0.25, -0.2) is 4.79 Å². The topological polar surface area (TPSA) is 61.4 Å². The Kier molecular flexibility index (Phi) is 5.24. The molecule has 0 spiro atoms. The molecular weight excluding hydrogens is 338 g/mol. The first-order chi connectivity index (χ1) is 12.0. The van der Waals surface area contributed by atoms with Crippen molar-refractivity contribution in [1.82, 2.24) is 5.32 Å². The fourth-order valence-electron chi connectivity index (χ4n) is 2.92. The molecule has 5 nitrogen and oxygen atoms in total. The van der Waals surface area contributed by atoms with E-state index in [1.807, 2.05) is 43.3 Å². The number of amides is 3. The van der Waals surface area contributed by atoms with Gasteiger partial charge in [0, 0.05) is 41.8 Å². The van der Waals surface area contributed by atoms with Gasteiger partial charge in [-0.05, 0) is 48.9 Å². The zero-order valence-electron chi connectivity index (χ0n) is 14.0. The van der Waals surface area contributed by atoms with Crippen LogP contribution < -0.4 is 15.5 Å². The van der Waals surface area contributed by atoms with Gasteiger partial charge in [0.2, 0.25) is 5.91 Å². The van der Waals surface area contributed by atoms with Gasteiger partial charge < -0.3 is 15.5 Å². The lowest BCUT2D eigenvalue weighted by Gasteiger charge is -2.17. The van der Waals surface area contributed by atoms with Gasteiger partial charge >= 0.3 is 6.03 Å². The standard InChI is InChI=1S/C19H20ClN3O2/c1-13-3-2-4-16(9-13)22-19(25)21-11-14-10-18(24)23(12-14)17-7-5-15(20)6-8-17/h2-9,14H,10-12H2,1H3,(H2,21,22,25)/t14-/m1/s1. The summed E-state index contributed by atoms with van der Waals surface area (Å²) in [5.41, 5.74) is 2.67. The molecule has 0 saturated carbocycles. The van der Waals surface area contributed by atoms with Crippen molar-refractivity contribution in [2.75, 3.05) is 23.3 Å². The Hall–Kier alpha value is -2.53. The van der Waals surface area contributed by atoms with E-state index in [1.165, 1.54) is 0 Å². The minimum Gasteiger partial charge on any atom is -0.338 e. The van der Waals surface area contributed by atoms with Crippen molar-refractivity contribution in [2.24, 2.45) is 5.92 Å². The van der Waals surface area contributed by atoms with E-state index in [1.54, 1.807) is 17.0 Å². The van der Waals surface area contributed by atoms with Crippen LogP contribution in [0.5, 0.6) is 0 Å². The Morgan fingerprint density at radius 1 is 1.24 bits per heavy atom. The normalized spacial score (nSPS) is 16.8. The third kappa shape index (κ3) is 4.51. The van der Waals surface area contributed by atoms with Crippen molar-refractivity contribution in [3.05, 3.63) is 59.1 Å². The van der Waals surface area contributed by atoms with E-state index in [-0.39, 0.29) is 17.9 Å². The summed E-state index contributed by atoms with van der Waals surface area (Å²) in [4.78, 5) is 26.0. The molecule has 0 aliphatic carbocycles. The van der Waals surface area contributed by atoms with E-state index in [0.717, 1.165) is 16.9 Å². The number of hydrogen-bond acceptors (Lipinski definition) is 2. The van der Waals surface area contributed by atoms with Gasteiger partial charge in [0.25, 0.3) is 0 Å². The Labute approximate surface area is 152 Å². The van der Waals surface area contributed by atoms with Gasteiger partial charge in [0.05, 0.1) is 0 Å². The number of nitrogens with zero attached hydrogens (tertiary/aromatic N) is 1. The molecule has 1 heterocycles. The highest BCUT2D eigenvalue weighted by molar-refractivity contribution is 6.30. The van der Waals surface area contributed by atoms with Crippen LogP contribution in [0.1, 0.15) is 12.0 Å². The first-order valence-electron chi connectivity index (χ1n) is 8.19. The molecule has 3 amide bonds. The summed E-state index contributed by atoms with van der Waals surface area (Å²) < 4.78 is 0. The van der Waals surface area contributed by atoms with Crippen molar-refractivity contribution in [1.29, 1.82) is 0 Å². The number of rotatable bonds is 4. The highest BCUT2D eigenvalue weighted by Gasteiger charge is 2.30. The quantitative estimate of drug-likeness (QED) is 0.873. The van der Waals surface area contributed by atoms with E-state index < -0.39 is 0 Å². The lowest BCUT2D eigenvalue weighted by Crippen LogP contribution is -2.34. The van der Waals surface area contributed by atoms with E-state index in [4.69, 9.17) is 11.6 Å². The van der Waals surface area contributed by atoms with Crippen LogP contribution in [0.25, 0.3) is 0 Å². The van der Waals surface area contributed by atoms with Crippen molar-refractivity contribution in [2.45, 2.75) is 13.3 Å². The van der Waals surface area contributed by atoms with E-state index in [9.17, 15) is 9.59 Å². The molecule has 0 unspecified atom stereocenters. The van der Waals surface area contributed by atoms with Crippen LogP contribution in [0.3, 0.4) is 0 Å². The highest BCUT2D eigenvalue weighted by atomic mass is 35.5. The molecule has 1 fully saturated rings. The molecule has 1 aliphatic rings. The van der Waals surface area contributed by atoms with Crippen molar-refractivity contribution in [3.63, 3.8) is 0 Å². The minimum atomic E-state index is -0.261. The third-order valence-electron chi connectivity index (χ3n) is 4.17. The number of hydrogen-bond donors (Lipinski definition) is 2. The summed E-state index contributed by atoms with van der Waals surface area (Å²) >= 11 is 5.89. The van der Waals surface area contributed by atoms with Gasteiger partial charge in [0.15, 0.2) is 0 Å². The maximum atomic E-state index is 12.2. The predicted octanol–water partition coefficient (Wildman–Crippen LogP) is 3.82. The Balaban J connectivity index is 1.51. The van der Waals surface area contributed by atoms with Crippen LogP contribution in [0, 0.1) is 12.8 Å². The van der Waals surface area contributed by atoms with Crippen molar-refractivity contribution >= 4 is 34.9 Å². The summed E-state index contributed by atoms with van der Waals surface area (Å²) in [5.74, 6) is 0.152. The molecule has 3 rings (SSSR count). The van der Waals surface area contributed by atoms with Crippen LogP contribution in [-0.4, -0.2) is 25.0 Å². The number of anilines is 2. The Bertz CT molecular complexity index is 776. The Morgan fingerprint density at radius 2 is 2.00 bits per heavy atom. The number of aryl methyl sites for hydroxylation is 1. The smallest absolute Gasteiger partial charge is 0.319 e. The summed E-state index contributed by atoms with van der Waals surface area (Å²) in [5, 5.41) is 6.29. The number of urea groups is 1. The van der Waals surface area contributed by atoms with Crippen molar-refractivity contribution in [3.8, 4) is 0 Å². The minimum absolute atomic E-state index is 0.0632. The van der Waals surface area contributed by atoms with Crippen LogP contribution >= 0.6 is 11.6 Å². The second-order valence-electron chi connectivity index (χ2n) is 6.26. The summed E-state index contributed by atoms with van der Waals surface area (Å²) in [6, 6.07) is 14.6. The molecule has 6 heteroatoms. The van der Waals surface area contributed by atoms with Crippen LogP contribution in [-0.2, 0) is 4.79 Å². The van der Waals surface area contributed by atoms with Crippen LogP contribution in [0.2, 0.25) is 5.02 Å². The molecule has 0 aromatic heterocycles. The molecule has 1 atom stereocenters. The first kappa shape index (κ1) is 17.3. The van der Waals surface area contributed by atoms with Gasteiger partial charge in [0.1, 0.15) is 0 Å². The molecule has 2 aromatic rings. The number of nitrogens with one attached hydrogen (secondary N) is 2. The monoisotopic (exact) mass is 357 g/mol. The maximum absolute atomic E-state index is 12.2.